The first-order valence-electron chi connectivity index (χ1n) is 9.35. The summed E-state index contributed by atoms with van der Waals surface area (Å²) in [5.41, 5.74) is 1.73. The SMILES string of the molecule is CCc1cc(=O)n2nc(NCC(=O)N3CCN(c4ccccc4)CC3)sc2n1. The van der Waals surface area contributed by atoms with Crippen molar-refractivity contribution < 1.29 is 4.79 Å². The van der Waals surface area contributed by atoms with Gasteiger partial charge >= 0.3 is 0 Å². The van der Waals surface area contributed by atoms with Crippen LogP contribution in [0.2, 0.25) is 0 Å². The molecule has 0 radical (unpaired) electrons. The third-order valence-electron chi connectivity index (χ3n) is 4.80. The number of carbonyl (C=O) groups excluding carboxylic acids is 1. The number of benzene rings is 1. The van der Waals surface area contributed by atoms with Crippen molar-refractivity contribution in [2.24, 2.45) is 0 Å². The minimum Gasteiger partial charge on any atom is -0.368 e. The number of nitrogens with zero attached hydrogens (tertiary/aromatic N) is 5. The first kappa shape index (κ1) is 18.4. The number of fused-ring (bicyclic) bond motifs is 1. The van der Waals surface area contributed by atoms with Crippen LogP contribution in [0, 0.1) is 0 Å². The lowest BCUT2D eigenvalue weighted by Crippen LogP contribution is -2.50. The van der Waals surface area contributed by atoms with E-state index in [1.54, 1.807) is 0 Å². The Morgan fingerprint density at radius 2 is 1.93 bits per heavy atom. The molecule has 8 nitrogen and oxygen atoms in total. The zero-order valence-electron chi connectivity index (χ0n) is 15.7. The van der Waals surface area contributed by atoms with Crippen LogP contribution in [0.15, 0.2) is 41.2 Å². The third kappa shape index (κ3) is 3.84. The van der Waals surface area contributed by atoms with Crippen LogP contribution < -0.4 is 15.8 Å². The van der Waals surface area contributed by atoms with Gasteiger partial charge in [0.2, 0.25) is 16.0 Å². The van der Waals surface area contributed by atoms with E-state index in [0.717, 1.165) is 18.8 Å². The zero-order valence-corrected chi connectivity index (χ0v) is 16.5. The van der Waals surface area contributed by atoms with Crippen LogP contribution in [0.1, 0.15) is 12.6 Å². The average molecular weight is 398 g/mol. The molecule has 1 fully saturated rings. The second-order valence-electron chi connectivity index (χ2n) is 6.60. The number of amides is 1. The Hall–Kier alpha value is -2.94. The van der Waals surface area contributed by atoms with Gasteiger partial charge in [-0.05, 0) is 18.6 Å². The van der Waals surface area contributed by atoms with Crippen molar-refractivity contribution in [1.82, 2.24) is 19.5 Å². The predicted molar refractivity (Wildman–Crippen MR) is 110 cm³/mol. The van der Waals surface area contributed by atoms with Crippen molar-refractivity contribution in [2.45, 2.75) is 13.3 Å². The Labute approximate surface area is 166 Å². The molecule has 9 heteroatoms. The summed E-state index contributed by atoms with van der Waals surface area (Å²) in [5, 5.41) is 7.79. The van der Waals surface area contributed by atoms with Gasteiger partial charge in [-0.2, -0.15) is 4.52 Å². The lowest BCUT2D eigenvalue weighted by Gasteiger charge is -2.36. The second-order valence-corrected chi connectivity index (χ2v) is 7.55. The molecule has 0 spiro atoms. The van der Waals surface area contributed by atoms with Crippen molar-refractivity contribution in [3.05, 3.63) is 52.4 Å². The lowest BCUT2D eigenvalue weighted by atomic mass is 10.2. The van der Waals surface area contributed by atoms with E-state index in [1.165, 1.54) is 27.6 Å². The van der Waals surface area contributed by atoms with Gasteiger partial charge in [0.1, 0.15) is 0 Å². The fourth-order valence-electron chi connectivity index (χ4n) is 3.22. The number of para-hydroxylation sites is 1. The Morgan fingerprint density at radius 3 is 2.64 bits per heavy atom. The standard InChI is InChI=1S/C19H22N6O2S/c1-2-14-12-16(26)25-19(21-14)28-18(22-25)20-13-17(27)24-10-8-23(9-11-24)15-6-4-3-5-7-15/h3-7,12H,2,8-11,13H2,1H3,(H,20,22). The highest BCUT2D eigenvalue weighted by Gasteiger charge is 2.21. The van der Waals surface area contributed by atoms with Gasteiger partial charge in [0.25, 0.3) is 5.56 Å². The first-order chi connectivity index (χ1) is 13.6. The quantitative estimate of drug-likeness (QED) is 0.701. The topological polar surface area (TPSA) is 82.8 Å². The van der Waals surface area contributed by atoms with Gasteiger partial charge in [0.15, 0.2) is 0 Å². The lowest BCUT2D eigenvalue weighted by molar-refractivity contribution is -0.129. The molecule has 1 amide bonds. The van der Waals surface area contributed by atoms with Crippen LogP contribution in [-0.2, 0) is 11.2 Å². The van der Waals surface area contributed by atoms with E-state index in [9.17, 15) is 9.59 Å². The summed E-state index contributed by atoms with van der Waals surface area (Å²) in [6, 6.07) is 11.7. The highest BCUT2D eigenvalue weighted by Crippen LogP contribution is 2.18. The van der Waals surface area contributed by atoms with Crippen LogP contribution in [0.5, 0.6) is 0 Å². The minimum atomic E-state index is -0.200. The molecule has 1 aromatic carbocycles. The van der Waals surface area contributed by atoms with Gasteiger partial charge in [-0.15, -0.1) is 5.10 Å². The van der Waals surface area contributed by atoms with E-state index in [4.69, 9.17) is 0 Å². The largest absolute Gasteiger partial charge is 0.368 e. The minimum absolute atomic E-state index is 0.0292. The maximum Gasteiger partial charge on any atom is 0.275 e. The fraction of sp³-hybridized carbons (Fsp3) is 0.368. The number of aromatic nitrogens is 3. The molecule has 0 saturated carbocycles. The highest BCUT2D eigenvalue weighted by atomic mass is 32.1. The molecular weight excluding hydrogens is 376 g/mol. The summed E-state index contributed by atoms with van der Waals surface area (Å²) in [6.07, 6.45) is 0.694. The van der Waals surface area contributed by atoms with E-state index in [-0.39, 0.29) is 18.0 Å². The van der Waals surface area contributed by atoms with E-state index >= 15 is 0 Å². The van der Waals surface area contributed by atoms with Crippen LogP contribution in [0.4, 0.5) is 10.8 Å². The van der Waals surface area contributed by atoms with E-state index in [1.807, 2.05) is 30.0 Å². The molecule has 3 heterocycles. The van der Waals surface area contributed by atoms with Gasteiger partial charge in [0, 0.05) is 43.6 Å². The van der Waals surface area contributed by atoms with Crippen molar-refractivity contribution >= 4 is 33.0 Å². The van der Waals surface area contributed by atoms with Crippen LogP contribution in [0.3, 0.4) is 0 Å². The van der Waals surface area contributed by atoms with Crippen LogP contribution in [0.25, 0.3) is 4.96 Å². The maximum absolute atomic E-state index is 12.5. The van der Waals surface area contributed by atoms with Crippen molar-refractivity contribution in [3.8, 4) is 0 Å². The summed E-state index contributed by atoms with van der Waals surface area (Å²) < 4.78 is 1.27. The number of rotatable bonds is 5. The molecule has 1 aliphatic rings. The molecule has 0 aliphatic carbocycles. The highest BCUT2D eigenvalue weighted by molar-refractivity contribution is 7.20. The number of aryl methyl sites for hydroxylation is 1. The predicted octanol–water partition coefficient (Wildman–Crippen LogP) is 1.47. The van der Waals surface area contributed by atoms with E-state index in [0.29, 0.717) is 29.6 Å². The van der Waals surface area contributed by atoms with Gasteiger partial charge in [-0.25, -0.2) is 4.98 Å². The molecule has 1 aliphatic heterocycles. The summed E-state index contributed by atoms with van der Waals surface area (Å²) in [4.78, 5) is 33.7. The molecule has 0 unspecified atom stereocenters. The monoisotopic (exact) mass is 398 g/mol. The molecule has 146 valence electrons. The number of nitrogens with one attached hydrogen (secondary N) is 1. The molecule has 3 aromatic rings. The smallest absolute Gasteiger partial charge is 0.275 e. The maximum atomic E-state index is 12.5. The summed E-state index contributed by atoms with van der Waals surface area (Å²) in [5.74, 6) is 0.0292. The van der Waals surface area contributed by atoms with Gasteiger partial charge < -0.3 is 15.1 Å². The number of hydrogen-bond acceptors (Lipinski definition) is 7. The zero-order chi connectivity index (χ0) is 19.5. The second kappa shape index (κ2) is 7.97. The molecule has 2 aromatic heterocycles. The normalized spacial score (nSPS) is 14.5. The average Bonchev–Trinajstić information content (AvgIpc) is 3.16. The molecule has 1 saturated heterocycles. The van der Waals surface area contributed by atoms with Gasteiger partial charge in [0.05, 0.1) is 6.54 Å². The van der Waals surface area contributed by atoms with Crippen LogP contribution in [-0.4, -0.2) is 58.1 Å². The van der Waals surface area contributed by atoms with Crippen molar-refractivity contribution in [1.29, 1.82) is 0 Å². The van der Waals surface area contributed by atoms with Gasteiger partial charge in [-0.1, -0.05) is 36.5 Å². The third-order valence-corrected chi connectivity index (χ3v) is 5.67. The number of piperazine rings is 1. The van der Waals surface area contributed by atoms with E-state index < -0.39 is 0 Å². The number of hydrogen-bond donors (Lipinski definition) is 1. The number of anilines is 2. The Bertz CT molecular complexity index is 1020. The van der Waals surface area contributed by atoms with Crippen LogP contribution >= 0.6 is 11.3 Å². The Kier molecular flexibility index (Phi) is 5.25. The number of carbonyl (C=O) groups is 1. The molecule has 1 N–H and O–H groups in total. The van der Waals surface area contributed by atoms with E-state index in [2.05, 4.69) is 32.4 Å². The Balaban J connectivity index is 1.34. The molecule has 28 heavy (non-hydrogen) atoms. The Morgan fingerprint density at radius 1 is 1.18 bits per heavy atom. The first-order valence-corrected chi connectivity index (χ1v) is 10.2. The summed E-state index contributed by atoms with van der Waals surface area (Å²) >= 11 is 1.28. The molecule has 4 rings (SSSR count). The van der Waals surface area contributed by atoms with Gasteiger partial charge in [-0.3, -0.25) is 9.59 Å². The molecule has 0 bridgehead atoms. The van der Waals surface area contributed by atoms with Crippen molar-refractivity contribution in [2.75, 3.05) is 42.9 Å². The summed E-state index contributed by atoms with van der Waals surface area (Å²) in [6.45, 7) is 5.12. The summed E-state index contributed by atoms with van der Waals surface area (Å²) in [7, 11) is 0. The molecule has 0 atom stereocenters. The van der Waals surface area contributed by atoms with Crippen molar-refractivity contribution in [3.63, 3.8) is 0 Å². The fourth-order valence-corrected chi connectivity index (χ4v) is 4.04. The molecular formula is C19H22N6O2S.